The Morgan fingerprint density at radius 2 is 2.03 bits per heavy atom. The van der Waals surface area contributed by atoms with E-state index in [0.29, 0.717) is 29.9 Å². The van der Waals surface area contributed by atoms with Crippen LogP contribution in [0, 0.1) is 5.92 Å². The molecule has 1 N–H and O–H groups in total. The van der Waals surface area contributed by atoms with Crippen LogP contribution < -0.4 is 15.0 Å². The summed E-state index contributed by atoms with van der Waals surface area (Å²) < 4.78 is 10.5. The zero-order chi connectivity index (χ0) is 21.0. The van der Waals surface area contributed by atoms with Gasteiger partial charge >= 0.3 is 0 Å². The molecule has 1 aromatic heterocycles. The third kappa shape index (κ3) is 4.91. The van der Waals surface area contributed by atoms with Gasteiger partial charge in [0.05, 0.1) is 18.1 Å². The minimum Gasteiger partial charge on any atom is -0.494 e. The van der Waals surface area contributed by atoms with Crippen LogP contribution in [0.5, 0.6) is 5.75 Å². The van der Waals surface area contributed by atoms with Gasteiger partial charge in [0.2, 0.25) is 16.9 Å². The SMILES string of the molecule is CCOc1ccc(C(C)(C)NC(=O)C2CC(=O)N(c3nnc(COC)s3)C2)cc1. The highest BCUT2D eigenvalue weighted by atomic mass is 32.1. The van der Waals surface area contributed by atoms with Crippen molar-refractivity contribution in [2.45, 2.75) is 39.3 Å². The first-order chi connectivity index (χ1) is 13.8. The maximum absolute atomic E-state index is 12.9. The van der Waals surface area contributed by atoms with Crippen LogP contribution in [-0.2, 0) is 26.5 Å². The number of aromatic nitrogens is 2. The van der Waals surface area contributed by atoms with E-state index in [1.165, 1.54) is 16.2 Å². The minimum atomic E-state index is -0.577. The van der Waals surface area contributed by atoms with Gasteiger partial charge in [0.25, 0.3) is 0 Å². The Hall–Kier alpha value is -2.52. The Balaban J connectivity index is 1.64. The van der Waals surface area contributed by atoms with Crippen LogP contribution in [-0.4, -0.2) is 42.3 Å². The van der Waals surface area contributed by atoms with Gasteiger partial charge in [-0.05, 0) is 38.5 Å². The van der Waals surface area contributed by atoms with Gasteiger partial charge in [-0.25, -0.2) is 0 Å². The van der Waals surface area contributed by atoms with E-state index in [-0.39, 0.29) is 18.2 Å². The molecule has 0 saturated carbocycles. The molecule has 1 fully saturated rings. The smallest absolute Gasteiger partial charge is 0.229 e. The van der Waals surface area contributed by atoms with Crippen LogP contribution in [0.1, 0.15) is 37.8 Å². The molecule has 9 heteroatoms. The van der Waals surface area contributed by atoms with Crippen molar-refractivity contribution in [1.29, 1.82) is 0 Å². The number of ether oxygens (including phenoxy) is 2. The largest absolute Gasteiger partial charge is 0.494 e. The van der Waals surface area contributed by atoms with Gasteiger partial charge in [0, 0.05) is 20.1 Å². The van der Waals surface area contributed by atoms with E-state index < -0.39 is 11.5 Å². The maximum Gasteiger partial charge on any atom is 0.229 e. The number of methoxy groups -OCH3 is 1. The predicted octanol–water partition coefficient (Wildman–Crippen LogP) is 2.49. The Labute approximate surface area is 174 Å². The topological polar surface area (TPSA) is 93.7 Å². The summed E-state index contributed by atoms with van der Waals surface area (Å²) in [4.78, 5) is 26.8. The third-order valence-electron chi connectivity index (χ3n) is 4.77. The fraction of sp³-hybridized carbons (Fsp3) is 0.500. The molecule has 1 saturated heterocycles. The third-order valence-corrected chi connectivity index (χ3v) is 5.69. The first kappa shape index (κ1) is 21.2. The number of carbonyl (C=O) groups is 2. The molecular formula is C20H26N4O4S. The summed E-state index contributed by atoms with van der Waals surface area (Å²) in [5, 5.41) is 12.3. The lowest BCUT2D eigenvalue weighted by Crippen LogP contribution is -2.44. The van der Waals surface area contributed by atoms with Gasteiger partial charge in [-0.2, -0.15) is 0 Å². The summed E-state index contributed by atoms with van der Waals surface area (Å²) in [5.41, 5.74) is 0.385. The van der Waals surface area contributed by atoms with Gasteiger partial charge in [0.15, 0.2) is 0 Å². The molecular weight excluding hydrogens is 392 g/mol. The molecule has 8 nitrogen and oxygen atoms in total. The van der Waals surface area contributed by atoms with Gasteiger partial charge in [-0.3, -0.25) is 14.5 Å². The quantitative estimate of drug-likeness (QED) is 0.708. The molecule has 156 valence electrons. The van der Waals surface area contributed by atoms with E-state index in [1.54, 1.807) is 7.11 Å². The van der Waals surface area contributed by atoms with Crippen LogP contribution in [0.15, 0.2) is 24.3 Å². The van der Waals surface area contributed by atoms with Crippen LogP contribution in [0.25, 0.3) is 0 Å². The summed E-state index contributed by atoms with van der Waals surface area (Å²) >= 11 is 1.30. The van der Waals surface area contributed by atoms with Crippen molar-refractivity contribution in [2.24, 2.45) is 5.92 Å². The van der Waals surface area contributed by atoms with Crippen molar-refractivity contribution in [3.63, 3.8) is 0 Å². The number of benzene rings is 1. The molecule has 0 aliphatic carbocycles. The lowest BCUT2D eigenvalue weighted by Gasteiger charge is -2.28. The number of carbonyl (C=O) groups excluding carboxylic acids is 2. The second kappa shape index (κ2) is 8.87. The Morgan fingerprint density at radius 1 is 1.31 bits per heavy atom. The number of hydrogen-bond acceptors (Lipinski definition) is 7. The molecule has 2 heterocycles. The van der Waals surface area contributed by atoms with Crippen LogP contribution in [0.4, 0.5) is 5.13 Å². The summed E-state index contributed by atoms with van der Waals surface area (Å²) in [6, 6.07) is 7.66. The Kier molecular flexibility index (Phi) is 6.49. The summed E-state index contributed by atoms with van der Waals surface area (Å²) in [6.45, 7) is 7.07. The van der Waals surface area contributed by atoms with E-state index in [4.69, 9.17) is 9.47 Å². The van der Waals surface area contributed by atoms with Crippen LogP contribution in [0.2, 0.25) is 0 Å². The zero-order valence-corrected chi connectivity index (χ0v) is 17.9. The number of amides is 2. The molecule has 1 aliphatic heterocycles. The van der Waals surface area contributed by atoms with Gasteiger partial charge in [0.1, 0.15) is 17.4 Å². The second-order valence-electron chi connectivity index (χ2n) is 7.39. The first-order valence-corrected chi connectivity index (χ1v) is 10.3. The van der Waals surface area contributed by atoms with Gasteiger partial charge in [-0.1, -0.05) is 23.5 Å². The molecule has 1 atom stereocenters. The van der Waals surface area contributed by atoms with E-state index in [9.17, 15) is 9.59 Å². The standard InChI is InChI=1S/C20H26N4O4S/c1-5-28-15-8-6-14(7-9-15)20(2,3)21-18(26)13-10-17(25)24(11-13)19-23-22-16(29-19)12-27-4/h6-9,13H,5,10-12H2,1-4H3,(H,21,26). The van der Waals surface area contributed by atoms with Crippen molar-refractivity contribution in [3.8, 4) is 5.75 Å². The lowest BCUT2D eigenvalue weighted by molar-refractivity contribution is -0.127. The number of nitrogens with zero attached hydrogens (tertiary/aromatic N) is 3. The Bertz CT molecular complexity index is 866. The monoisotopic (exact) mass is 418 g/mol. The lowest BCUT2D eigenvalue weighted by atomic mass is 9.93. The molecule has 2 aromatic rings. The number of nitrogens with one attached hydrogen (secondary N) is 1. The zero-order valence-electron chi connectivity index (χ0n) is 17.1. The summed E-state index contributed by atoms with van der Waals surface area (Å²) in [7, 11) is 1.58. The molecule has 3 rings (SSSR count). The highest BCUT2D eigenvalue weighted by Gasteiger charge is 2.38. The van der Waals surface area contributed by atoms with Crippen LogP contribution >= 0.6 is 11.3 Å². The molecule has 1 aliphatic rings. The molecule has 1 unspecified atom stereocenters. The fourth-order valence-corrected chi connectivity index (χ4v) is 4.06. The van der Waals surface area contributed by atoms with E-state index in [2.05, 4.69) is 15.5 Å². The molecule has 0 bridgehead atoms. The van der Waals surface area contributed by atoms with Crippen molar-refractivity contribution in [1.82, 2.24) is 15.5 Å². The van der Waals surface area contributed by atoms with E-state index in [1.807, 2.05) is 45.0 Å². The Morgan fingerprint density at radius 3 is 2.69 bits per heavy atom. The van der Waals surface area contributed by atoms with Crippen molar-refractivity contribution >= 4 is 28.3 Å². The van der Waals surface area contributed by atoms with Crippen molar-refractivity contribution in [2.75, 3.05) is 25.2 Å². The number of rotatable bonds is 8. The second-order valence-corrected chi connectivity index (χ2v) is 8.43. The predicted molar refractivity (Wildman–Crippen MR) is 110 cm³/mol. The molecule has 2 amide bonds. The van der Waals surface area contributed by atoms with E-state index in [0.717, 1.165) is 11.3 Å². The van der Waals surface area contributed by atoms with E-state index >= 15 is 0 Å². The normalized spacial score (nSPS) is 16.9. The van der Waals surface area contributed by atoms with Crippen molar-refractivity contribution in [3.05, 3.63) is 34.8 Å². The highest BCUT2D eigenvalue weighted by molar-refractivity contribution is 7.15. The molecule has 0 spiro atoms. The molecule has 0 radical (unpaired) electrons. The fourth-order valence-electron chi connectivity index (χ4n) is 3.22. The van der Waals surface area contributed by atoms with Crippen molar-refractivity contribution < 1.29 is 19.1 Å². The minimum absolute atomic E-state index is 0.121. The summed E-state index contributed by atoms with van der Waals surface area (Å²) in [6.07, 6.45) is 0.157. The van der Waals surface area contributed by atoms with Gasteiger partial charge < -0.3 is 14.8 Å². The molecule has 29 heavy (non-hydrogen) atoms. The average molecular weight is 419 g/mol. The number of hydrogen-bond donors (Lipinski definition) is 1. The highest BCUT2D eigenvalue weighted by Crippen LogP contribution is 2.29. The first-order valence-electron chi connectivity index (χ1n) is 9.51. The summed E-state index contributed by atoms with van der Waals surface area (Å²) in [5.74, 6) is 0.0880. The number of anilines is 1. The maximum atomic E-state index is 12.9. The average Bonchev–Trinajstić information content (AvgIpc) is 3.29. The van der Waals surface area contributed by atoms with Gasteiger partial charge in [-0.15, -0.1) is 10.2 Å². The van der Waals surface area contributed by atoms with Crippen LogP contribution in [0.3, 0.4) is 0 Å². The molecule has 1 aromatic carbocycles.